The van der Waals surface area contributed by atoms with Gasteiger partial charge in [0.25, 0.3) is 0 Å². The van der Waals surface area contributed by atoms with E-state index in [0.717, 1.165) is 33.6 Å². The van der Waals surface area contributed by atoms with E-state index in [4.69, 9.17) is 4.52 Å². The molecule has 3 rings (SSSR count). The average molecular weight is 257 g/mol. The largest absolute Gasteiger partial charge is 0.392 e. The highest BCUT2D eigenvalue weighted by atomic mass is 16.5. The van der Waals surface area contributed by atoms with Crippen molar-refractivity contribution in [3.05, 3.63) is 47.1 Å². The first-order chi connectivity index (χ1) is 9.20. The maximum absolute atomic E-state index is 9.41. The van der Waals surface area contributed by atoms with Gasteiger partial charge in [0.1, 0.15) is 11.4 Å². The molecule has 3 aromatic heterocycles. The summed E-state index contributed by atoms with van der Waals surface area (Å²) in [6.45, 7) is 4.49. The van der Waals surface area contributed by atoms with Gasteiger partial charge >= 0.3 is 0 Å². The number of aliphatic hydroxyl groups is 1. The molecule has 3 aromatic rings. The number of nitrogens with zero attached hydrogens (tertiary/aromatic N) is 3. The van der Waals surface area contributed by atoms with Gasteiger partial charge in [-0.3, -0.25) is 0 Å². The quantitative estimate of drug-likeness (QED) is 0.781. The van der Waals surface area contributed by atoms with Gasteiger partial charge in [-0.2, -0.15) is 0 Å². The summed E-state index contributed by atoms with van der Waals surface area (Å²) in [4.78, 5) is 4.39. The number of fused-ring (bicyclic) bond motifs is 1. The molecule has 0 fully saturated rings. The molecule has 0 unspecified atom stereocenters. The third-order valence-electron chi connectivity index (χ3n) is 3.40. The summed E-state index contributed by atoms with van der Waals surface area (Å²) < 4.78 is 7.20. The average Bonchev–Trinajstić information content (AvgIpc) is 2.94. The lowest BCUT2D eigenvalue weighted by Crippen LogP contribution is -2.01. The number of rotatable bonds is 3. The van der Waals surface area contributed by atoms with Crippen LogP contribution in [0.4, 0.5) is 0 Å². The molecule has 1 N–H and O–H groups in total. The number of aliphatic hydroxyl groups excluding tert-OH is 1. The van der Waals surface area contributed by atoms with E-state index in [2.05, 4.69) is 10.1 Å². The molecule has 19 heavy (non-hydrogen) atoms. The predicted octanol–water partition coefficient (Wildman–Crippen LogP) is 2.18. The van der Waals surface area contributed by atoms with Gasteiger partial charge in [-0.15, -0.1) is 0 Å². The lowest BCUT2D eigenvalue weighted by molar-refractivity contribution is 0.283. The van der Waals surface area contributed by atoms with Crippen LogP contribution in [0.3, 0.4) is 0 Å². The van der Waals surface area contributed by atoms with Crippen molar-refractivity contribution in [2.45, 2.75) is 27.0 Å². The van der Waals surface area contributed by atoms with Gasteiger partial charge < -0.3 is 14.2 Å². The van der Waals surface area contributed by atoms with Crippen molar-refractivity contribution in [2.75, 3.05) is 0 Å². The highest BCUT2D eigenvalue weighted by Gasteiger charge is 2.13. The monoisotopic (exact) mass is 257 g/mol. The third-order valence-corrected chi connectivity index (χ3v) is 3.40. The van der Waals surface area contributed by atoms with E-state index in [1.54, 1.807) is 6.20 Å². The molecule has 0 amide bonds. The van der Waals surface area contributed by atoms with Crippen molar-refractivity contribution in [2.24, 2.45) is 0 Å². The number of aryl methyl sites for hydroxylation is 2. The summed E-state index contributed by atoms with van der Waals surface area (Å²) in [7, 11) is 0. The van der Waals surface area contributed by atoms with E-state index in [-0.39, 0.29) is 6.61 Å². The molecule has 5 nitrogen and oxygen atoms in total. The van der Waals surface area contributed by atoms with Crippen molar-refractivity contribution in [3.63, 3.8) is 0 Å². The van der Waals surface area contributed by atoms with Crippen molar-refractivity contribution in [3.8, 4) is 0 Å². The van der Waals surface area contributed by atoms with Crippen LogP contribution in [-0.4, -0.2) is 19.8 Å². The zero-order valence-corrected chi connectivity index (χ0v) is 10.9. The van der Waals surface area contributed by atoms with Crippen LogP contribution in [0, 0.1) is 13.8 Å². The molecule has 0 aliphatic carbocycles. The number of hydrogen-bond donors (Lipinski definition) is 1. The molecule has 0 aliphatic heterocycles. The topological polar surface area (TPSA) is 64.1 Å². The Morgan fingerprint density at radius 2 is 2.21 bits per heavy atom. The molecular weight excluding hydrogens is 242 g/mol. The molecule has 0 atom stereocenters. The van der Waals surface area contributed by atoms with Crippen LogP contribution in [0.2, 0.25) is 0 Å². The highest BCUT2D eigenvalue weighted by Crippen LogP contribution is 2.22. The van der Waals surface area contributed by atoms with Crippen LogP contribution in [0.1, 0.15) is 22.6 Å². The Kier molecular flexibility index (Phi) is 2.83. The van der Waals surface area contributed by atoms with E-state index in [9.17, 15) is 5.11 Å². The van der Waals surface area contributed by atoms with Crippen molar-refractivity contribution >= 4 is 11.0 Å². The van der Waals surface area contributed by atoms with Crippen LogP contribution in [-0.2, 0) is 13.2 Å². The van der Waals surface area contributed by atoms with E-state index in [1.165, 1.54) is 0 Å². The van der Waals surface area contributed by atoms with Gasteiger partial charge in [0.05, 0.1) is 18.8 Å². The van der Waals surface area contributed by atoms with Crippen LogP contribution in [0.15, 0.2) is 29.0 Å². The fourth-order valence-electron chi connectivity index (χ4n) is 2.34. The summed E-state index contributed by atoms with van der Waals surface area (Å²) in [5, 5.41) is 14.4. The van der Waals surface area contributed by atoms with E-state index in [1.807, 2.05) is 36.7 Å². The summed E-state index contributed by atoms with van der Waals surface area (Å²) in [6.07, 6.45) is 3.69. The van der Waals surface area contributed by atoms with Crippen molar-refractivity contribution in [1.82, 2.24) is 14.7 Å². The normalized spacial score (nSPS) is 11.3. The minimum Gasteiger partial charge on any atom is -0.392 e. The second-order valence-electron chi connectivity index (χ2n) is 4.62. The minimum atomic E-state index is 0.0107. The molecule has 3 heterocycles. The maximum atomic E-state index is 9.41. The summed E-state index contributed by atoms with van der Waals surface area (Å²) in [6, 6.07) is 3.85. The second kappa shape index (κ2) is 4.51. The highest BCUT2D eigenvalue weighted by molar-refractivity contribution is 5.80. The summed E-state index contributed by atoms with van der Waals surface area (Å²) >= 11 is 0. The molecule has 0 aliphatic rings. The standard InChI is InChI=1S/C14H15N3O2/c1-9-13(10(2)19-16-9)7-17-6-11(8-18)12-4-3-5-15-14(12)17/h3-6,18H,7-8H2,1-2H3. The van der Waals surface area contributed by atoms with E-state index in [0.29, 0.717) is 6.54 Å². The SMILES string of the molecule is Cc1noc(C)c1Cn1cc(CO)c2cccnc21. The summed E-state index contributed by atoms with van der Waals surface area (Å²) in [5.41, 5.74) is 3.70. The second-order valence-corrected chi connectivity index (χ2v) is 4.62. The number of pyridine rings is 1. The smallest absolute Gasteiger partial charge is 0.140 e. The van der Waals surface area contributed by atoms with Gasteiger partial charge in [0, 0.05) is 28.9 Å². The lowest BCUT2D eigenvalue weighted by atomic mass is 10.2. The molecule has 0 spiro atoms. The molecule has 0 saturated heterocycles. The Morgan fingerprint density at radius 1 is 1.37 bits per heavy atom. The van der Waals surface area contributed by atoms with Gasteiger partial charge in [-0.05, 0) is 26.0 Å². The van der Waals surface area contributed by atoms with Crippen LogP contribution in [0.5, 0.6) is 0 Å². The fraction of sp³-hybridized carbons (Fsp3) is 0.286. The number of hydrogen-bond acceptors (Lipinski definition) is 4. The lowest BCUT2D eigenvalue weighted by Gasteiger charge is -2.03. The van der Waals surface area contributed by atoms with Gasteiger partial charge in [0.2, 0.25) is 0 Å². The fourth-order valence-corrected chi connectivity index (χ4v) is 2.34. The Balaban J connectivity index is 2.11. The first-order valence-electron chi connectivity index (χ1n) is 6.16. The zero-order valence-electron chi connectivity index (χ0n) is 10.9. The Hall–Kier alpha value is -2.14. The predicted molar refractivity (Wildman–Crippen MR) is 70.7 cm³/mol. The molecule has 5 heteroatoms. The first kappa shape index (κ1) is 11.9. The maximum Gasteiger partial charge on any atom is 0.140 e. The van der Waals surface area contributed by atoms with E-state index < -0.39 is 0 Å². The first-order valence-corrected chi connectivity index (χ1v) is 6.16. The summed E-state index contributed by atoms with van der Waals surface area (Å²) in [5.74, 6) is 0.820. The molecule has 0 aromatic carbocycles. The molecule has 0 bridgehead atoms. The molecule has 0 saturated carbocycles. The minimum absolute atomic E-state index is 0.0107. The van der Waals surface area contributed by atoms with Crippen LogP contribution in [0.25, 0.3) is 11.0 Å². The van der Waals surface area contributed by atoms with Gasteiger partial charge in [0.15, 0.2) is 0 Å². The van der Waals surface area contributed by atoms with Gasteiger partial charge in [-0.25, -0.2) is 4.98 Å². The molecule has 0 radical (unpaired) electrons. The molecular formula is C14H15N3O2. The Morgan fingerprint density at radius 3 is 2.89 bits per heavy atom. The molecule has 98 valence electrons. The van der Waals surface area contributed by atoms with Crippen molar-refractivity contribution < 1.29 is 9.63 Å². The Labute approximate surface area is 110 Å². The zero-order chi connectivity index (χ0) is 13.4. The van der Waals surface area contributed by atoms with Gasteiger partial charge in [-0.1, -0.05) is 5.16 Å². The van der Waals surface area contributed by atoms with Crippen LogP contribution >= 0.6 is 0 Å². The third kappa shape index (κ3) is 1.92. The Bertz CT molecular complexity index is 708. The van der Waals surface area contributed by atoms with Crippen LogP contribution < -0.4 is 0 Å². The van der Waals surface area contributed by atoms with E-state index >= 15 is 0 Å². The number of aromatic nitrogens is 3. The van der Waals surface area contributed by atoms with Crippen molar-refractivity contribution in [1.29, 1.82) is 0 Å².